The lowest BCUT2D eigenvalue weighted by Gasteiger charge is -2.19. The standard InChI is InChI=1S/C13H21FNO4/c1-10(14)9-15-13(17)19-8-7-18-12(16)11-5-3-2-4-6-11/h10-11H,1-9H2,(H,15,17)/t10-/m0/s1. The molecular weight excluding hydrogens is 253 g/mol. The van der Waals surface area contributed by atoms with E-state index < -0.39 is 12.3 Å². The number of halogens is 1. The van der Waals surface area contributed by atoms with Crippen molar-refractivity contribution in [1.29, 1.82) is 0 Å². The minimum absolute atomic E-state index is 0.0129. The summed E-state index contributed by atoms with van der Waals surface area (Å²) in [5.74, 6) is -0.230. The Bertz CT molecular complexity index is 290. The zero-order valence-corrected chi connectivity index (χ0v) is 11.0. The van der Waals surface area contributed by atoms with E-state index in [0.717, 1.165) is 25.7 Å². The number of amides is 1. The molecular formula is C13H21FNO4. The molecule has 0 saturated heterocycles. The molecule has 1 aliphatic carbocycles. The zero-order chi connectivity index (χ0) is 14.1. The van der Waals surface area contributed by atoms with Crippen LogP contribution in [0.25, 0.3) is 0 Å². The fourth-order valence-electron chi connectivity index (χ4n) is 1.98. The Balaban J connectivity index is 2.03. The molecule has 6 heteroatoms. The molecule has 1 N–H and O–H groups in total. The van der Waals surface area contributed by atoms with Crippen LogP contribution >= 0.6 is 0 Å². The van der Waals surface area contributed by atoms with Crippen LogP contribution in [-0.4, -0.2) is 38.0 Å². The third kappa shape index (κ3) is 6.98. The lowest BCUT2D eigenvalue weighted by atomic mass is 9.89. The molecule has 0 bridgehead atoms. The maximum atomic E-state index is 12.3. The summed E-state index contributed by atoms with van der Waals surface area (Å²) >= 11 is 0. The number of carbonyl (C=O) groups excluding carboxylic acids is 2. The van der Waals surface area contributed by atoms with E-state index in [1.54, 1.807) is 0 Å². The van der Waals surface area contributed by atoms with Gasteiger partial charge in [0, 0.05) is 0 Å². The van der Waals surface area contributed by atoms with Crippen LogP contribution in [0.3, 0.4) is 0 Å². The molecule has 1 saturated carbocycles. The van der Waals surface area contributed by atoms with E-state index in [1.807, 2.05) is 0 Å². The molecule has 0 aliphatic heterocycles. The molecule has 0 aromatic rings. The minimum atomic E-state index is -1.36. The molecule has 5 nitrogen and oxygen atoms in total. The SMILES string of the molecule is [CH2][C@H](F)CNC(=O)OCCOC(=O)C1CCCCC1. The van der Waals surface area contributed by atoms with Gasteiger partial charge in [-0.05, 0) is 19.8 Å². The van der Waals surface area contributed by atoms with E-state index in [1.165, 1.54) is 6.42 Å². The van der Waals surface area contributed by atoms with Crippen molar-refractivity contribution in [3.05, 3.63) is 6.92 Å². The van der Waals surface area contributed by atoms with Crippen LogP contribution in [0.5, 0.6) is 0 Å². The molecule has 1 aliphatic rings. The molecule has 1 amide bonds. The Labute approximate surface area is 112 Å². The molecule has 1 radical (unpaired) electrons. The zero-order valence-electron chi connectivity index (χ0n) is 11.0. The highest BCUT2D eigenvalue weighted by Crippen LogP contribution is 2.24. The van der Waals surface area contributed by atoms with Crippen LogP contribution in [0, 0.1) is 12.8 Å². The number of nitrogens with one attached hydrogen (secondary N) is 1. The van der Waals surface area contributed by atoms with Gasteiger partial charge in [-0.1, -0.05) is 19.3 Å². The Kier molecular flexibility index (Phi) is 7.22. The van der Waals surface area contributed by atoms with E-state index >= 15 is 0 Å². The van der Waals surface area contributed by atoms with E-state index in [-0.39, 0.29) is 31.6 Å². The van der Waals surface area contributed by atoms with Gasteiger partial charge in [0.1, 0.15) is 19.4 Å². The Morgan fingerprint density at radius 3 is 2.47 bits per heavy atom. The molecule has 1 atom stereocenters. The van der Waals surface area contributed by atoms with Crippen molar-refractivity contribution < 1.29 is 23.5 Å². The summed E-state index contributed by atoms with van der Waals surface area (Å²) < 4.78 is 22.0. The van der Waals surface area contributed by atoms with E-state index in [4.69, 9.17) is 9.47 Å². The van der Waals surface area contributed by atoms with Gasteiger partial charge in [0.25, 0.3) is 0 Å². The van der Waals surface area contributed by atoms with Gasteiger partial charge in [0.05, 0.1) is 12.5 Å². The number of alkyl halides is 1. The number of rotatable bonds is 6. The summed E-state index contributed by atoms with van der Waals surface area (Å²) in [6, 6.07) is 0. The quantitative estimate of drug-likeness (QED) is 0.594. The average molecular weight is 274 g/mol. The van der Waals surface area contributed by atoms with Crippen molar-refractivity contribution in [3.63, 3.8) is 0 Å². The molecule has 0 aromatic heterocycles. The highest BCUT2D eigenvalue weighted by Gasteiger charge is 2.22. The molecule has 1 fully saturated rings. The third-order valence-electron chi connectivity index (χ3n) is 2.97. The highest BCUT2D eigenvalue weighted by molar-refractivity contribution is 5.72. The average Bonchev–Trinajstić information content (AvgIpc) is 2.42. The predicted octanol–water partition coefficient (Wildman–Crippen LogP) is 2.01. The van der Waals surface area contributed by atoms with Crippen LogP contribution in [0.4, 0.5) is 9.18 Å². The first-order chi connectivity index (χ1) is 9.09. The maximum Gasteiger partial charge on any atom is 0.407 e. The van der Waals surface area contributed by atoms with Crippen LogP contribution in [0.2, 0.25) is 0 Å². The fourth-order valence-corrected chi connectivity index (χ4v) is 1.98. The number of hydrogen-bond donors (Lipinski definition) is 1. The van der Waals surface area contributed by atoms with Crippen molar-refractivity contribution in [1.82, 2.24) is 5.32 Å². The predicted molar refractivity (Wildman–Crippen MR) is 67.1 cm³/mol. The monoisotopic (exact) mass is 274 g/mol. The summed E-state index contributed by atoms with van der Waals surface area (Å²) in [5.41, 5.74) is 0. The topological polar surface area (TPSA) is 64.6 Å². The van der Waals surface area contributed by atoms with Crippen molar-refractivity contribution in [2.45, 2.75) is 38.3 Å². The summed E-state index contributed by atoms with van der Waals surface area (Å²) in [7, 11) is 0. The van der Waals surface area contributed by atoms with E-state index in [9.17, 15) is 14.0 Å². The summed E-state index contributed by atoms with van der Waals surface area (Å²) in [6.45, 7) is 2.89. The van der Waals surface area contributed by atoms with Crippen molar-refractivity contribution >= 4 is 12.1 Å². The molecule has 0 aromatic carbocycles. The van der Waals surface area contributed by atoms with Gasteiger partial charge in [-0.2, -0.15) is 0 Å². The number of ether oxygens (including phenoxy) is 2. The fraction of sp³-hybridized carbons (Fsp3) is 0.769. The first-order valence-electron chi connectivity index (χ1n) is 6.64. The molecule has 0 heterocycles. The summed E-state index contributed by atoms with van der Waals surface area (Å²) in [4.78, 5) is 22.6. The van der Waals surface area contributed by atoms with Crippen molar-refractivity contribution in [2.75, 3.05) is 19.8 Å². The van der Waals surface area contributed by atoms with Gasteiger partial charge in [-0.25, -0.2) is 9.18 Å². The molecule has 19 heavy (non-hydrogen) atoms. The molecule has 0 unspecified atom stereocenters. The summed E-state index contributed by atoms with van der Waals surface area (Å²) in [6.07, 6.45) is 2.96. The highest BCUT2D eigenvalue weighted by atomic mass is 19.1. The second kappa shape index (κ2) is 8.72. The normalized spacial score (nSPS) is 17.6. The third-order valence-corrected chi connectivity index (χ3v) is 2.97. The molecule has 1 rings (SSSR count). The van der Waals surface area contributed by atoms with E-state index in [2.05, 4.69) is 12.2 Å². The van der Waals surface area contributed by atoms with Crippen molar-refractivity contribution in [2.24, 2.45) is 5.92 Å². The van der Waals surface area contributed by atoms with Gasteiger partial charge in [0.15, 0.2) is 0 Å². The van der Waals surface area contributed by atoms with Crippen LogP contribution in [-0.2, 0) is 14.3 Å². The first kappa shape index (κ1) is 15.7. The largest absolute Gasteiger partial charge is 0.462 e. The van der Waals surface area contributed by atoms with Gasteiger partial charge < -0.3 is 14.8 Å². The molecule has 109 valence electrons. The van der Waals surface area contributed by atoms with Gasteiger partial charge in [-0.3, -0.25) is 4.79 Å². The van der Waals surface area contributed by atoms with Crippen molar-refractivity contribution in [3.8, 4) is 0 Å². The minimum Gasteiger partial charge on any atom is -0.462 e. The van der Waals surface area contributed by atoms with Gasteiger partial charge >= 0.3 is 12.1 Å². The first-order valence-corrected chi connectivity index (χ1v) is 6.64. The van der Waals surface area contributed by atoms with Gasteiger partial charge in [-0.15, -0.1) is 0 Å². The Morgan fingerprint density at radius 1 is 1.21 bits per heavy atom. The Morgan fingerprint density at radius 2 is 1.84 bits per heavy atom. The van der Waals surface area contributed by atoms with E-state index in [0.29, 0.717) is 0 Å². The second-order valence-electron chi connectivity index (χ2n) is 4.62. The van der Waals surface area contributed by atoms with Gasteiger partial charge in [0.2, 0.25) is 0 Å². The number of alkyl carbamates (subject to hydrolysis) is 1. The van der Waals surface area contributed by atoms with Crippen LogP contribution in [0.15, 0.2) is 0 Å². The van der Waals surface area contributed by atoms with Crippen LogP contribution < -0.4 is 5.32 Å². The molecule has 0 spiro atoms. The lowest BCUT2D eigenvalue weighted by molar-refractivity contribution is -0.150. The smallest absolute Gasteiger partial charge is 0.407 e. The number of hydrogen-bond acceptors (Lipinski definition) is 4. The Hall–Kier alpha value is -1.33. The number of esters is 1. The summed E-state index contributed by atoms with van der Waals surface area (Å²) in [5, 5.41) is 2.19. The lowest BCUT2D eigenvalue weighted by Crippen LogP contribution is -2.31. The maximum absolute atomic E-state index is 12.3. The van der Waals surface area contributed by atoms with Crippen LogP contribution in [0.1, 0.15) is 32.1 Å². The number of carbonyl (C=O) groups is 2. The second-order valence-corrected chi connectivity index (χ2v) is 4.62.